The van der Waals surface area contributed by atoms with Gasteiger partial charge >= 0.3 is 0 Å². The topological polar surface area (TPSA) is 54.5 Å². The van der Waals surface area contributed by atoms with Crippen molar-refractivity contribution in [2.24, 2.45) is 11.8 Å². The van der Waals surface area contributed by atoms with E-state index in [0.717, 1.165) is 19.3 Å². The predicted octanol–water partition coefficient (Wildman–Crippen LogP) is 0.247. The Kier molecular flexibility index (Phi) is 2.39. The molecule has 2 rings (SSSR count). The van der Waals surface area contributed by atoms with E-state index in [2.05, 4.69) is 0 Å². The van der Waals surface area contributed by atoms with Crippen LogP contribution in [0.5, 0.6) is 0 Å². The highest BCUT2D eigenvalue weighted by Gasteiger charge is 2.41. The van der Waals surface area contributed by atoms with E-state index in [4.69, 9.17) is 0 Å². The lowest BCUT2D eigenvalue weighted by Crippen LogP contribution is -2.54. The molecule has 4 nitrogen and oxygen atoms in total. The summed E-state index contributed by atoms with van der Waals surface area (Å²) in [6.45, 7) is 0.822. The van der Waals surface area contributed by atoms with E-state index in [0.29, 0.717) is 13.1 Å². The number of rotatable bonds is 3. The molecule has 0 radical (unpaired) electrons. The molecule has 14 heavy (non-hydrogen) atoms. The minimum absolute atomic E-state index is 0.0185. The van der Waals surface area contributed by atoms with Crippen molar-refractivity contribution in [1.29, 1.82) is 0 Å². The highest BCUT2D eigenvalue weighted by molar-refractivity contribution is 7.88. The zero-order valence-corrected chi connectivity index (χ0v) is 9.09. The number of ketones is 1. The molecular weight excluding hydrogens is 202 g/mol. The Labute approximate surface area is 84.3 Å². The van der Waals surface area contributed by atoms with Gasteiger partial charge in [-0.3, -0.25) is 4.79 Å². The average Bonchev–Trinajstić information content (AvgIpc) is 1.73. The van der Waals surface area contributed by atoms with Gasteiger partial charge in [0.05, 0.1) is 6.26 Å². The minimum Gasteiger partial charge on any atom is -0.299 e. The molecular formula is C9H15NO3S. The fraction of sp³-hybridized carbons (Fsp3) is 0.889. The molecule has 0 spiro atoms. The maximum Gasteiger partial charge on any atom is 0.211 e. The van der Waals surface area contributed by atoms with E-state index < -0.39 is 10.0 Å². The summed E-state index contributed by atoms with van der Waals surface area (Å²) in [5, 5.41) is 0. The molecule has 0 unspecified atom stereocenters. The number of Topliss-reactive ketones (excluding diaryl/α,β-unsaturated/α-hetero) is 1. The summed E-state index contributed by atoms with van der Waals surface area (Å²) in [4.78, 5) is 11.7. The zero-order valence-electron chi connectivity index (χ0n) is 8.27. The molecule has 0 aromatic carbocycles. The molecule has 0 aromatic heterocycles. The molecule has 80 valence electrons. The monoisotopic (exact) mass is 217 g/mol. The summed E-state index contributed by atoms with van der Waals surface area (Å²) in [5.41, 5.74) is 0. The number of sulfonamides is 1. The van der Waals surface area contributed by atoms with Crippen LogP contribution in [-0.4, -0.2) is 37.9 Å². The Morgan fingerprint density at radius 1 is 1.21 bits per heavy atom. The van der Waals surface area contributed by atoms with Crippen LogP contribution in [0.25, 0.3) is 0 Å². The molecule has 1 saturated heterocycles. The quantitative estimate of drug-likeness (QED) is 0.681. The zero-order chi connectivity index (χ0) is 10.3. The lowest BCUT2D eigenvalue weighted by Gasteiger charge is -2.39. The fourth-order valence-electron chi connectivity index (χ4n) is 1.91. The number of hydrogen-bond donors (Lipinski definition) is 0. The fourth-order valence-corrected chi connectivity index (χ4v) is 2.82. The average molecular weight is 217 g/mol. The third-order valence-corrected chi connectivity index (χ3v) is 4.46. The SMILES string of the molecule is CS(=O)(=O)N1CC(C(=O)C2CCC2)C1. The Bertz CT molecular complexity index is 339. The standard InChI is InChI=1S/C9H15NO3S/c1-14(12,13)10-5-8(6-10)9(11)7-3-2-4-7/h7-8H,2-6H2,1H3. The summed E-state index contributed by atoms with van der Waals surface area (Å²) in [6, 6.07) is 0. The van der Waals surface area contributed by atoms with E-state index in [-0.39, 0.29) is 17.6 Å². The molecule has 0 aromatic rings. The number of nitrogens with zero attached hydrogens (tertiary/aromatic N) is 1. The largest absolute Gasteiger partial charge is 0.299 e. The van der Waals surface area contributed by atoms with Crippen LogP contribution in [0.1, 0.15) is 19.3 Å². The van der Waals surface area contributed by atoms with Gasteiger partial charge in [-0.2, -0.15) is 0 Å². The maximum absolute atomic E-state index is 11.7. The first-order valence-electron chi connectivity index (χ1n) is 4.97. The Balaban J connectivity index is 1.85. The van der Waals surface area contributed by atoms with Crippen molar-refractivity contribution in [2.75, 3.05) is 19.3 Å². The van der Waals surface area contributed by atoms with E-state index in [1.807, 2.05) is 0 Å². The summed E-state index contributed by atoms with van der Waals surface area (Å²) in [6.07, 6.45) is 4.36. The van der Waals surface area contributed by atoms with Crippen molar-refractivity contribution in [1.82, 2.24) is 4.31 Å². The molecule has 2 fully saturated rings. The van der Waals surface area contributed by atoms with Crippen LogP contribution in [0.2, 0.25) is 0 Å². The van der Waals surface area contributed by atoms with Gasteiger partial charge < -0.3 is 0 Å². The van der Waals surface area contributed by atoms with Crippen LogP contribution in [0.4, 0.5) is 0 Å². The summed E-state index contributed by atoms with van der Waals surface area (Å²) in [7, 11) is -3.07. The molecule has 0 bridgehead atoms. The van der Waals surface area contributed by atoms with Crippen molar-refractivity contribution in [3.63, 3.8) is 0 Å². The summed E-state index contributed by atoms with van der Waals surface area (Å²) >= 11 is 0. The van der Waals surface area contributed by atoms with Crippen molar-refractivity contribution >= 4 is 15.8 Å². The smallest absolute Gasteiger partial charge is 0.211 e. The number of hydrogen-bond acceptors (Lipinski definition) is 3. The number of carbonyl (C=O) groups is 1. The first-order valence-corrected chi connectivity index (χ1v) is 6.82. The molecule has 1 aliphatic carbocycles. The third-order valence-electron chi connectivity index (χ3n) is 3.23. The van der Waals surface area contributed by atoms with Crippen LogP contribution < -0.4 is 0 Å². The molecule has 2 aliphatic rings. The van der Waals surface area contributed by atoms with E-state index in [1.165, 1.54) is 10.6 Å². The van der Waals surface area contributed by atoms with Gasteiger partial charge in [0.25, 0.3) is 0 Å². The normalized spacial score (nSPS) is 25.5. The van der Waals surface area contributed by atoms with Gasteiger partial charge in [-0.25, -0.2) is 12.7 Å². The van der Waals surface area contributed by atoms with E-state index in [9.17, 15) is 13.2 Å². The van der Waals surface area contributed by atoms with Crippen molar-refractivity contribution in [3.8, 4) is 0 Å². The van der Waals surface area contributed by atoms with Gasteiger partial charge in [0, 0.05) is 24.9 Å². The van der Waals surface area contributed by atoms with E-state index in [1.54, 1.807) is 0 Å². The summed E-state index contributed by atoms with van der Waals surface area (Å²) < 4.78 is 23.5. The second-order valence-electron chi connectivity index (χ2n) is 4.31. The second-order valence-corrected chi connectivity index (χ2v) is 6.29. The van der Waals surface area contributed by atoms with Crippen LogP contribution in [0, 0.1) is 11.8 Å². The van der Waals surface area contributed by atoms with Gasteiger partial charge in [-0.1, -0.05) is 6.42 Å². The minimum atomic E-state index is -3.07. The highest BCUT2D eigenvalue weighted by Crippen LogP contribution is 2.32. The number of carbonyl (C=O) groups excluding carboxylic acids is 1. The molecule has 5 heteroatoms. The highest BCUT2D eigenvalue weighted by atomic mass is 32.2. The Hall–Kier alpha value is -0.420. The van der Waals surface area contributed by atoms with Gasteiger partial charge in [0.1, 0.15) is 5.78 Å². The lowest BCUT2D eigenvalue weighted by atomic mass is 9.76. The Morgan fingerprint density at radius 3 is 2.14 bits per heavy atom. The second kappa shape index (κ2) is 3.31. The van der Waals surface area contributed by atoms with E-state index >= 15 is 0 Å². The first kappa shape index (κ1) is 10.1. The van der Waals surface area contributed by atoms with Gasteiger partial charge in [-0.15, -0.1) is 0 Å². The van der Waals surface area contributed by atoms with Gasteiger partial charge in [0.2, 0.25) is 10.0 Å². The van der Waals surface area contributed by atoms with Crippen LogP contribution in [0.15, 0.2) is 0 Å². The van der Waals surface area contributed by atoms with Crippen LogP contribution in [-0.2, 0) is 14.8 Å². The summed E-state index contributed by atoms with van der Waals surface area (Å²) in [5.74, 6) is 0.507. The molecule has 0 amide bonds. The first-order chi connectivity index (χ1) is 6.48. The molecule has 1 aliphatic heterocycles. The van der Waals surface area contributed by atoms with Crippen molar-refractivity contribution in [3.05, 3.63) is 0 Å². The predicted molar refractivity (Wildman–Crippen MR) is 52.3 cm³/mol. The molecule has 0 N–H and O–H groups in total. The van der Waals surface area contributed by atoms with Gasteiger partial charge in [-0.05, 0) is 12.8 Å². The molecule has 1 saturated carbocycles. The maximum atomic E-state index is 11.7. The lowest BCUT2D eigenvalue weighted by molar-refractivity contribution is -0.132. The van der Waals surface area contributed by atoms with Crippen molar-refractivity contribution in [2.45, 2.75) is 19.3 Å². The molecule has 0 atom stereocenters. The van der Waals surface area contributed by atoms with Crippen molar-refractivity contribution < 1.29 is 13.2 Å². The Morgan fingerprint density at radius 2 is 1.79 bits per heavy atom. The van der Waals surface area contributed by atoms with Crippen LogP contribution in [0.3, 0.4) is 0 Å². The van der Waals surface area contributed by atoms with Gasteiger partial charge in [0.15, 0.2) is 0 Å². The third kappa shape index (κ3) is 1.70. The molecule has 1 heterocycles. The van der Waals surface area contributed by atoms with Crippen LogP contribution >= 0.6 is 0 Å².